The van der Waals surface area contributed by atoms with Gasteiger partial charge in [0.15, 0.2) is 0 Å². The van der Waals surface area contributed by atoms with Gasteiger partial charge >= 0.3 is 0 Å². The van der Waals surface area contributed by atoms with Crippen LogP contribution in [0.25, 0.3) is 11.0 Å². The largest absolute Gasteiger partial charge is 0.396 e. The number of hydrogen-bond donors (Lipinski definition) is 3. The van der Waals surface area contributed by atoms with E-state index < -0.39 is 6.10 Å². The number of rotatable bonds is 6. The number of aliphatic hydroxyl groups excluding tert-OH is 2. The van der Waals surface area contributed by atoms with Gasteiger partial charge in [-0.3, -0.25) is 0 Å². The Kier molecular flexibility index (Phi) is 4.51. The number of para-hydroxylation sites is 1. The predicted molar refractivity (Wildman–Crippen MR) is 86.6 cm³/mol. The fourth-order valence-corrected chi connectivity index (χ4v) is 2.68. The molecule has 0 fully saturated rings. The van der Waals surface area contributed by atoms with Gasteiger partial charge in [0, 0.05) is 25.0 Å². The number of fused-ring (bicyclic) bond motifs is 1. The summed E-state index contributed by atoms with van der Waals surface area (Å²) in [5.41, 5.74) is 3.78. The third-order valence-electron chi connectivity index (χ3n) is 3.85. The quantitative estimate of drug-likeness (QED) is 0.655. The van der Waals surface area contributed by atoms with Gasteiger partial charge in [0.05, 0.1) is 17.1 Å². The van der Waals surface area contributed by atoms with Crippen LogP contribution in [-0.4, -0.2) is 26.8 Å². The minimum absolute atomic E-state index is 0.0388. The molecule has 0 saturated carbocycles. The van der Waals surface area contributed by atoms with Gasteiger partial charge in [0.1, 0.15) is 5.82 Å². The lowest BCUT2D eigenvalue weighted by atomic mass is 10.1. The number of hydrogen-bond acceptors (Lipinski definition) is 3. The molecule has 1 unspecified atom stereocenters. The zero-order valence-electron chi connectivity index (χ0n) is 12.4. The Morgan fingerprint density at radius 3 is 2.59 bits per heavy atom. The van der Waals surface area contributed by atoms with Crippen molar-refractivity contribution in [3.05, 3.63) is 65.5 Å². The summed E-state index contributed by atoms with van der Waals surface area (Å²) in [5, 5.41) is 19.1. The van der Waals surface area contributed by atoms with Gasteiger partial charge < -0.3 is 15.2 Å². The number of H-pyrrole nitrogens is 1. The van der Waals surface area contributed by atoms with E-state index in [9.17, 15) is 5.11 Å². The van der Waals surface area contributed by atoms with Gasteiger partial charge in [-0.05, 0) is 18.1 Å². The number of benzene rings is 2. The molecule has 0 aliphatic rings. The summed E-state index contributed by atoms with van der Waals surface area (Å²) in [6.07, 6.45) is 1.40. The summed E-state index contributed by atoms with van der Waals surface area (Å²) in [4.78, 5) is 7.95. The first-order chi connectivity index (χ1) is 10.8. The first-order valence-electron chi connectivity index (χ1n) is 7.58. The van der Waals surface area contributed by atoms with E-state index in [1.54, 1.807) is 0 Å². The minimum Gasteiger partial charge on any atom is -0.396 e. The number of nitrogens with one attached hydrogen (secondary N) is 1. The van der Waals surface area contributed by atoms with E-state index in [1.807, 2.05) is 36.4 Å². The zero-order chi connectivity index (χ0) is 15.4. The molecule has 4 heteroatoms. The van der Waals surface area contributed by atoms with Crippen molar-refractivity contribution in [2.24, 2.45) is 0 Å². The number of imidazole rings is 1. The van der Waals surface area contributed by atoms with Crippen molar-refractivity contribution < 1.29 is 10.2 Å². The molecule has 1 heterocycles. The lowest BCUT2D eigenvalue weighted by Crippen LogP contribution is -2.01. The predicted octanol–water partition coefficient (Wildman–Crippen LogP) is 2.76. The number of aromatic nitrogens is 2. The Morgan fingerprint density at radius 1 is 1.00 bits per heavy atom. The van der Waals surface area contributed by atoms with Crippen LogP contribution >= 0.6 is 0 Å². The third-order valence-corrected chi connectivity index (χ3v) is 3.85. The van der Waals surface area contributed by atoms with Crippen LogP contribution in [0.3, 0.4) is 0 Å². The maximum atomic E-state index is 10.1. The number of aliphatic hydroxyl groups is 2. The standard InChI is InChI=1S/C18H20N2O2/c21-12-11-16(22)14-7-4-8-15-18(14)20-17(19-15)10-9-13-5-2-1-3-6-13/h1-8,16,21-22H,9-12H2,(H,19,20). The molecule has 4 nitrogen and oxygen atoms in total. The molecule has 22 heavy (non-hydrogen) atoms. The van der Waals surface area contributed by atoms with Gasteiger partial charge in [-0.1, -0.05) is 42.5 Å². The zero-order valence-corrected chi connectivity index (χ0v) is 12.4. The Bertz CT molecular complexity index is 737. The number of aromatic amines is 1. The number of aryl methyl sites for hydroxylation is 2. The molecule has 0 saturated heterocycles. The maximum Gasteiger partial charge on any atom is 0.107 e. The van der Waals surface area contributed by atoms with Crippen LogP contribution < -0.4 is 0 Å². The molecule has 2 aromatic carbocycles. The Morgan fingerprint density at radius 2 is 1.82 bits per heavy atom. The Labute approximate surface area is 129 Å². The second-order valence-electron chi connectivity index (χ2n) is 5.44. The first-order valence-corrected chi connectivity index (χ1v) is 7.58. The lowest BCUT2D eigenvalue weighted by Gasteiger charge is -2.09. The number of nitrogens with zero attached hydrogens (tertiary/aromatic N) is 1. The van der Waals surface area contributed by atoms with E-state index >= 15 is 0 Å². The van der Waals surface area contributed by atoms with E-state index in [2.05, 4.69) is 22.1 Å². The summed E-state index contributed by atoms with van der Waals surface area (Å²) >= 11 is 0. The van der Waals surface area contributed by atoms with Crippen LogP contribution in [-0.2, 0) is 12.8 Å². The van der Waals surface area contributed by atoms with Crippen molar-refractivity contribution in [2.45, 2.75) is 25.4 Å². The molecule has 0 bridgehead atoms. The van der Waals surface area contributed by atoms with E-state index in [1.165, 1.54) is 5.56 Å². The van der Waals surface area contributed by atoms with Crippen LogP contribution in [0.1, 0.15) is 29.5 Å². The summed E-state index contributed by atoms with van der Waals surface area (Å²) in [6.45, 7) is -0.0388. The highest BCUT2D eigenvalue weighted by molar-refractivity contribution is 5.79. The highest BCUT2D eigenvalue weighted by Crippen LogP contribution is 2.25. The van der Waals surface area contributed by atoms with Crippen LogP contribution in [0.15, 0.2) is 48.5 Å². The Hall–Kier alpha value is -2.17. The highest BCUT2D eigenvalue weighted by Gasteiger charge is 2.14. The van der Waals surface area contributed by atoms with Crippen molar-refractivity contribution in [2.75, 3.05) is 6.61 Å². The van der Waals surface area contributed by atoms with Crippen molar-refractivity contribution in [3.63, 3.8) is 0 Å². The summed E-state index contributed by atoms with van der Waals surface area (Å²) in [6, 6.07) is 16.0. The van der Waals surface area contributed by atoms with Crippen molar-refractivity contribution >= 4 is 11.0 Å². The normalized spacial score (nSPS) is 12.6. The molecule has 3 rings (SSSR count). The second-order valence-corrected chi connectivity index (χ2v) is 5.44. The molecule has 0 aliphatic carbocycles. The molecular formula is C18H20N2O2. The monoisotopic (exact) mass is 296 g/mol. The SMILES string of the molecule is OCCC(O)c1cccc2[nH]c(CCc3ccccc3)nc12. The van der Waals surface area contributed by atoms with E-state index in [0.717, 1.165) is 35.3 Å². The second kappa shape index (κ2) is 6.73. The van der Waals surface area contributed by atoms with Gasteiger partial charge in [0.25, 0.3) is 0 Å². The average molecular weight is 296 g/mol. The molecule has 0 radical (unpaired) electrons. The van der Waals surface area contributed by atoms with Gasteiger partial charge in [0.2, 0.25) is 0 Å². The first kappa shape index (κ1) is 14.8. The van der Waals surface area contributed by atoms with Crippen LogP contribution in [0.2, 0.25) is 0 Å². The molecule has 3 N–H and O–H groups in total. The molecule has 1 atom stereocenters. The van der Waals surface area contributed by atoms with Gasteiger partial charge in [-0.2, -0.15) is 0 Å². The summed E-state index contributed by atoms with van der Waals surface area (Å²) in [5.74, 6) is 0.919. The summed E-state index contributed by atoms with van der Waals surface area (Å²) < 4.78 is 0. The summed E-state index contributed by atoms with van der Waals surface area (Å²) in [7, 11) is 0. The van der Waals surface area contributed by atoms with Crippen molar-refractivity contribution in [3.8, 4) is 0 Å². The van der Waals surface area contributed by atoms with Gasteiger partial charge in [-0.15, -0.1) is 0 Å². The maximum absolute atomic E-state index is 10.1. The lowest BCUT2D eigenvalue weighted by molar-refractivity contribution is 0.135. The van der Waals surface area contributed by atoms with E-state index in [4.69, 9.17) is 5.11 Å². The molecule has 0 aliphatic heterocycles. The molecular weight excluding hydrogens is 276 g/mol. The minimum atomic E-state index is -0.682. The van der Waals surface area contributed by atoms with Crippen LogP contribution in [0.4, 0.5) is 0 Å². The van der Waals surface area contributed by atoms with E-state index in [-0.39, 0.29) is 6.61 Å². The van der Waals surface area contributed by atoms with Crippen molar-refractivity contribution in [1.82, 2.24) is 9.97 Å². The van der Waals surface area contributed by atoms with Crippen LogP contribution in [0.5, 0.6) is 0 Å². The molecule has 0 amide bonds. The topological polar surface area (TPSA) is 69.1 Å². The highest BCUT2D eigenvalue weighted by atomic mass is 16.3. The fourth-order valence-electron chi connectivity index (χ4n) is 2.68. The van der Waals surface area contributed by atoms with Gasteiger partial charge in [-0.25, -0.2) is 4.98 Å². The molecule has 114 valence electrons. The average Bonchev–Trinajstić information content (AvgIpc) is 2.97. The molecule has 1 aromatic heterocycles. The van der Waals surface area contributed by atoms with Crippen LogP contribution in [0, 0.1) is 0 Å². The van der Waals surface area contributed by atoms with Crippen molar-refractivity contribution in [1.29, 1.82) is 0 Å². The smallest absolute Gasteiger partial charge is 0.107 e. The third kappa shape index (κ3) is 3.18. The van der Waals surface area contributed by atoms with E-state index in [0.29, 0.717) is 6.42 Å². The molecule has 0 spiro atoms. The Balaban J connectivity index is 1.82. The fraction of sp³-hybridized carbons (Fsp3) is 0.278. The molecule has 3 aromatic rings.